The molecule has 1 aromatic heterocycles. The minimum atomic E-state index is -0.196. The van der Waals surface area contributed by atoms with Gasteiger partial charge in [0.15, 0.2) is 5.96 Å². The number of carbonyl (C=O) groups excluding carboxylic acids is 1. The first-order valence-electron chi connectivity index (χ1n) is 9.99. The number of carbonyl (C=O) groups is 1. The van der Waals surface area contributed by atoms with Crippen LogP contribution >= 0.6 is 11.3 Å². The predicted octanol–water partition coefficient (Wildman–Crippen LogP) is 2.61. The zero-order valence-electron chi connectivity index (χ0n) is 16.7. The molecule has 1 saturated heterocycles. The highest BCUT2D eigenvalue weighted by Crippen LogP contribution is 2.16. The van der Waals surface area contributed by atoms with Crippen molar-refractivity contribution in [1.82, 2.24) is 15.5 Å². The number of phenolic OH excluding ortho intramolecular Hbond substituents is 1. The normalized spacial score (nSPS) is 15.8. The zero-order valence-corrected chi connectivity index (χ0v) is 17.5. The molecular formula is C21H29N5O2S. The van der Waals surface area contributed by atoms with E-state index in [2.05, 4.69) is 42.7 Å². The van der Waals surface area contributed by atoms with Crippen molar-refractivity contribution in [3.63, 3.8) is 0 Å². The molecule has 0 spiro atoms. The monoisotopic (exact) mass is 415 g/mol. The molecule has 29 heavy (non-hydrogen) atoms. The van der Waals surface area contributed by atoms with E-state index in [9.17, 15) is 9.90 Å². The minimum absolute atomic E-state index is 0.0349. The van der Waals surface area contributed by atoms with Gasteiger partial charge in [-0.1, -0.05) is 0 Å². The number of piperidine rings is 1. The molecule has 1 aliphatic rings. The van der Waals surface area contributed by atoms with Crippen LogP contribution in [0.2, 0.25) is 0 Å². The van der Waals surface area contributed by atoms with Gasteiger partial charge in [0, 0.05) is 37.9 Å². The van der Waals surface area contributed by atoms with Crippen molar-refractivity contribution in [2.24, 2.45) is 4.99 Å². The van der Waals surface area contributed by atoms with E-state index in [0.29, 0.717) is 17.7 Å². The summed E-state index contributed by atoms with van der Waals surface area (Å²) in [5.74, 6) is 0.643. The molecule has 1 aromatic carbocycles. The summed E-state index contributed by atoms with van der Waals surface area (Å²) in [6.45, 7) is 5.90. The fourth-order valence-electron chi connectivity index (χ4n) is 3.29. The third-order valence-corrected chi connectivity index (χ3v) is 5.52. The Morgan fingerprint density at radius 2 is 2.00 bits per heavy atom. The van der Waals surface area contributed by atoms with Crippen molar-refractivity contribution in [2.75, 3.05) is 31.5 Å². The summed E-state index contributed by atoms with van der Waals surface area (Å²) in [6.07, 6.45) is 2.10. The molecule has 0 atom stereocenters. The maximum absolute atomic E-state index is 12.2. The van der Waals surface area contributed by atoms with Crippen LogP contribution in [0.15, 0.2) is 46.1 Å². The smallest absolute Gasteiger partial charge is 0.246 e. The first-order chi connectivity index (χ1) is 14.1. The number of anilines is 1. The third kappa shape index (κ3) is 7.07. The molecule has 0 saturated carbocycles. The molecule has 7 nitrogen and oxygen atoms in total. The van der Waals surface area contributed by atoms with E-state index in [1.54, 1.807) is 23.5 Å². The highest BCUT2D eigenvalue weighted by Gasteiger charge is 2.20. The number of rotatable bonds is 7. The number of amides is 1. The Bertz CT molecular complexity index is 784. The number of benzene rings is 1. The van der Waals surface area contributed by atoms with Gasteiger partial charge in [-0.25, -0.2) is 4.99 Å². The van der Waals surface area contributed by atoms with Gasteiger partial charge in [-0.3, -0.25) is 9.69 Å². The largest absolute Gasteiger partial charge is 0.508 e. The fourth-order valence-corrected chi connectivity index (χ4v) is 3.95. The maximum atomic E-state index is 12.2. The topological polar surface area (TPSA) is 89.0 Å². The van der Waals surface area contributed by atoms with Gasteiger partial charge >= 0.3 is 0 Å². The van der Waals surface area contributed by atoms with E-state index in [-0.39, 0.29) is 18.2 Å². The lowest BCUT2D eigenvalue weighted by atomic mass is 10.0. The predicted molar refractivity (Wildman–Crippen MR) is 118 cm³/mol. The number of guanidine groups is 1. The highest BCUT2D eigenvalue weighted by atomic mass is 32.1. The van der Waals surface area contributed by atoms with Crippen LogP contribution < -0.4 is 16.0 Å². The van der Waals surface area contributed by atoms with Crippen molar-refractivity contribution in [3.05, 3.63) is 46.7 Å². The Labute approximate surface area is 175 Å². The summed E-state index contributed by atoms with van der Waals surface area (Å²) in [6, 6.07) is 8.93. The Hall–Kier alpha value is -2.58. The molecule has 2 heterocycles. The van der Waals surface area contributed by atoms with Gasteiger partial charge in [0.2, 0.25) is 5.91 Å². The van der Waals surface area contributed by atoms with Crippen molar-refractivity contribution < 1.29 is 9.90 Å². The highest BCUT2D eigenvalue weighted by molar-refractivity contribution is 7.07. The average Bonchev–Trinajstić information content (AvgIpc) is 3.23. The zero-order chi connectivity index (χ0) is 20.5. The molecule has 4 N–H and O–H groups in total. The molecule has 156 valence electrons. The minimum Gasteiger partial charge on any atom is -0.508 e. The summed E-state index contributed by atoms with van der Waals surface area (Å²) in [5.41, 5.74) is 2.02. The first kappa shape index (κ1) is 21.1. The Kier molecular flexibility index (Phi) is 7.89. The molecular weight excluding hydrogens is 386 g/mol. The van der Waals surface area contributed by atoms with Crippen LogP contribution in [0, 0.1) is 0 Å². The summed E-state index contributed by atoms with van der Waals surface area (Å²) in [5, 5.41) is 23.1. The van der Waals surface area contributed by atoms with Crippen LogP contribution in [0.4, 0.5) is 5.69 Å². The number of aromatic hydroxyl groups is 1. The van der Waals surface area contributed by atoms with Crippen LogP contribution in [-0.4, -0.2) is 54.1 Å². The standard InChI is InChI=1S/C21H29N5O2S/c1-2-22-21(23-13-20(28)24-17-3-5-19(27)6-4-17)25-18-7-10-26(11-8-18)14-16-9-12-29-15-16/h3-6,9,12,15,18,27H,2,7-8,10-11,13-14H2,1H3,(H,24,28)(H2,22,23,25). The molecule has 0 bridgehead atoms. The van der Waals surface area contributed by atoms with Gasteiger partial charge in [0.25, 0.3) is 0 Å². The second-order valence-electron chi connectivity index (χ2n) is 7.12. The summed E-state index contributed by atoms with van der Waals surface area (Å²) < 4.78 is 0. The van der Waals surface area contributed by atoms with Crippen LogP contribution in [0.1, 0.15) is 25.3 Å². The van der Waals surface area contributed by atoms with Crippen molar-refractivity contribution in [2.45, 2.75) is 32.4 Å². The Morgan fingerprint density at radius 1 is 1.24 bits per heavy atom. The second-order valence-corrected chi connectivity index (χ2v) is 7.90. The number of hydrogen-bond acceptors (Lipinski definition) is 5. The van der Waals surface area contributed by atoms with Crippen LogP contribution in [-0.2, 0) is 11.3 Å². The summed E-state index contributed by atoms with van der Waals surface area (Å²) in [4.78, 5) is 19.1. The number of aliphatic imine (C=N–C) groups is 1. The van der Waals surface area contributed by atoms with Crippen LogP contribution in [0.5, 0.6) is 5.75 Å². The molecule has 1 amide bonds. The van der Waals surface area contributed by atoms with Gasteiger partial charge < -0.3 is 21.1 Å². The Morgan fingerprint density at radius 3 is 2.66 bits per heavy atom. The molecule has 0 radical (unpaired) electrons. The van der Waals surface area contributed by atoms with Crippen molar-refractivity contribution in [3.8, 4) is 5.75 Å². The molecule has 8 heteroatoms. The Balaban J connectivity index is 1.45. The molecule has 1 fully saturated rings. The van der Waals surface area contributed by atoms with Crippen LogP contribution in [0.3, 0.4) is 0 Å². The maximum Gasteiger partial charge on any atom is 0.246 e. The summed E-state index contributed by atoms with van der Waals surface area (Å²) in [7, 11) is 0. The lowest BCUT2D eigenvalue weighted by Gasteiger charge is -2.32. The van der Waals surface area contributed by atoms with E-state index in [1.807, 2.05) is 6.92 Å². The number of nitrogens with one attached hydrogen (secondary N) is 3. The van der Waals surface area contributed by atoms with E-state index in [1.165, 1.54) is 17.7 Å². The lowest BCUT2D eigenvalue weighted by Crippen LogP contribution is -2.48. The van der Waals surface area contributed by atoms with E-state index >= 15 is 0 Å². The van der Waals surface area contributed by atoms with Crippen molar-refractivity contribution >= 4 is 28.9 Å². The van der Waals surface area contributed by atoms with Gasteiger partial charge in [-0.15, -0.1) is 0 Å². The summed E-state index contributed by atoms with van der Waals surface area (Å²) >= 11 is 1.74. The lowest BCUT2D eigenvalue weighted by molar-refractivity contribution is -0.114. The molecule has 0 aliphatic carbocycles. The molecule has 3 rings (SSSR count). The van der Waals surface area contributed by atoms with E-state index in [4.69, 9.17) is 0 Å². The number of thiophene rings is 1. The third-order valence-electron chi connectivity index (χ3n) is 4.79. The fraction of sp³-hybridized carbons (Fsp3) is 0.429. The molecule has 1 aliphatic heterocycles. The van der Waals surface area contributed by atoms with Gasteiger partial charge in [0.05, 0.1) is 0 Å². The van der Waals surface area contributed by atoms with E-state index < -0.39 is 0 Å². The average molecular weight is 416 g/mol. The van der Waals surface area contributed by atoms with Gasteiger partial charge in [0.1, 0.15) is 12.3 Å². The molecule has 2 aromatic rings. The number of nitrogens with zero attached hydrogens (tertiary/aromatic N) is 2. The quantitative estimate of drug-likeness (QED) is 0.317. The second kappa shape index (κ2) is 10.8. The SMILES string of the molecule is CCNC(=NCC(=O)Nc1ccc(O)cc1)NC1CCN(Cc2ccsc2)CC1. The number of likely N-dealkylation sites (tertiary alicyclic amines) is 1. The van der Waals surface area contributed by atoms with Gasteiger partial charge in [-0.2, -0.15) is 11.3 Å². The number of phenols is 1. The first-order valence-corrected chi connectivity index (χ1v) is 10.9. The van der Waals surface area contributed by atoms with E-state index in [0.717, 1.165) is 39.0 Å². The van der Waals surface area contributed by atoms with Crippen LogP contribution in [0.25, 0.3) is 0 Å². The molecule has 0 unspecified atom stereocenters. The van der Waals surface area contributed by atoms with Gasteiger partial charge in [-0.05, 0) is 66.4 Å². The van der Waals surface area contributed by atoms with Crippen molar-refractivity contribution in [1.29, 1.82) is 0 Å². The number of hydrogen-bond donors (Lipinski definition) is 4.